The molecule has 5 heteroatoms. The number of likely N-dealkylation sites (N-methyl/N-ethyl adjacent to an activating group) is 1. The van der Waals surface area contributed by atoms with E-state index in [0.717, 1.165) is 13.0 Å². The first-order chi connectivity index (χ1) is 4.05. The van der Waals surface area contributed by atoms with Crippen molar-refractivity contribution in [2.24, 2.45) is 5.73 Å². The second-order valence-electron chi connectivity index (χ2n) is 3.47. The number of hydrogen-bond donors (Lipinski definition) is 1. The largest absolute Gasteiger partial charge is 0.326 e. The molecule has 1 fully saturated rings. The Morgan fingerprint density at radius 2 is 1.67 bits per heavy atom. The number of nitrogens with two attached hydrogens (primary N) is 1. The summed E-state index contributed by atoms with van der Waals surface area (Å²) in [6.45, 7) is 5.55. The summed E-state index contributed by atoms with van der Waals surface area (Å²) in [4.78, 5) is 2.32. The van der Waals surface area contributed by atoms with Crippen molar-refractivity contribution in [1.82, 2.24) is 4.90 Å². The molecule has 0 aromatic heterocycles. The Labute approximate surface area is 93.5 Å². The van der Waals surface area contributed by atoms with Gasteiger partial charge in [-0.15, -0.1) is 37.2 Å². The molecule has 1 aliphatic heterocycles. The quantitative estimate of drug-likeness (QED) is 0.695. The molecule has 0 aromatic carbocycles. The van der Waals surface area contributed by atoms with Crippen LogP contribution in [0.4, 0.5) is 0 Å². The summed E-state index contributed by atoms with van der Waals surface area (Å²) >= 11 is 0. The summed E-state index contributed by atoms with van der Waals surface area (Å²) in [6, 6.07) is 0.363. The van der Waals surface area contributed by atoms with E-state index < -0.39 is 0 Å². The van der Waals surface area contributed by atoms with Crippen molar-refractivity contribution in [2.75, 3.05) is 13.6 Å². The van der Waals surface area contributed by atoms with Gasteiger partial charge in [-0.2, -0.15) is 0 Å². The fraction of sp³-hybridized carbons (Fsp3) is 1.00. The topological polar surface area (TPSA) is 29.3 Å². The molecular formula is C7H19Cl3N2. The van der Waals surface area contributed by atoms with Gasteiger partial charge in [-0.1, -0.05) is 0 Å². The molecule has 2 nitrogen and oxygen atoms in total. The minimum absolute atomic E-state index is 0. The molecule has 2 N–H and O–H groups in total. The van der Waals surface area contributed by atoms with E-state index in [1.54, 1.807) is 0 Å². The van der Waals surface area contributed by atoms with Crippen molar-refractivity contribution in [1.29, 1.82) is 0 Å². The van der Waals surface area contributed by atoms with E-state index in [1.165, 1.54) is 0 Å². The van der Waals surface area contributed by atoms with Gasteiger partial charge in [0.05, 0.1) is 0 Å². The molecule has 0 spiro atoms. The summed E-state index contributed by atoms with van der Waals surface area (Å²) in [7, 11) is 2.13. The predicted octanol–water partition coefficient (Wildman–Crippen LogP) is 1.69. The smallest absolute Gasteiger partial charge is 0.0301 e. The number of rotatable bonds is 0. The van der Waals surface area contributed by atoms with Gasteiger partial charge in [0.25, 0.3) is 0 Å². The number of hydrogen-bond acceptors (Lipinski definition) is 2. The van der Waals surface area contributed by atoms with E-state index in [1.807, 2.05) is 0 Å². The molecule has 1 aliphatic rings. The minimum atomic E-state index is 0. The average molecular weight is 238 g/mol. The summed E-state index contributed by atoms with van der Waals surface area (Å²) in [5.74, 6) is 0. The lowest BCUT2D eigenvalue weighted by Crippen LogP contribution is -2.46. The number of halogens is 3. The van der Waals surface area contributed by atoms with Crippen molar-refractivity contribution < 1.29 is 0 Å². The van der Waals surface area contributed by atoms with Crippen LogP contribution in [0.15, 0.2) is 0 Å². The third kappa shape index (κ3) is 3.27. The SMILES string of the molecule is CN1CCC(N)C1(C)C.Cl.Cl.Cl. The van der Waals surface area contributed by atoms with E-state index in [-0.39, 0.29) is 42.8 Å². The third-order valence-corrected chi connectivity index (χ3v) is 2.67. The van der Waals surface area contributed by atoms with E-state index in [9.17, 15) is 0 Å². The third-order valence-electron chi connectivity index (χ3n) is 2.67. The van der Waals surface area contributed by atoms with Crippen molar-refractivity contribution >= 4 is 37.2 Å². The molecule has 1 unspecified atom stereocenters. The monoisotopic (exact) mass is 236 g/mol. The highest BCUT2D eigenvalue weighted by Crippen LogP contribution is 2.24. The number of likely N-dealkylation sites (tertiary alicyclic amines) is 1. The van der Waals surface area contributed by atoms with E-state index in [4.69, 9.17) is 5.73 Å². The van der Waals surface area contributed by atoms with Crippen LogP contribution in [0.25, 0.3) is 0 Å². The van der Waals surface area contributed by atoms with Crippen molar-refractivity contribution in [3.63, 3.8) is 0 Å². The van der Waals surface area contributed by atoms with E-state index in [0.29, 0.717) is 6.04 Å². The molecule has 1 heterocycles. The Morgan fingerprint density at radius 3 is 1.75 bits per heavy atom. The van der Waals surface area contributed by atoms with Gasteiger partial charge in [0, 0.05) is 11.6 Å². The molecule has 0 saturated carbocycles. The molecule has 1 saturated heterocycles. The first-order valence-electron chi connectivity index (χ1n) is 3.52. The van der Waals surface area contributed by atoms with Gasteiger partial charge in [-0.05, 0) is 33.9 Å². The molecular weight excluding hydrogens is 218 g/mol. The van der Waals surface area contributed by atoms with Gasteiger partial charge in [0.2, 0.25) is 0 Å². The van der Waals surface area contributed by atoms with Crippen LogP contribution in [0.5, 0.6) is 0 Å². The highest BCUT2D eigenvalue weighted by atomic mass is 35.5. The van der Waals surface area contributed by atoms with Gasteiger partial charge in [0.1, 0.15) is 0 Å². The highest BCUT2D eigenvalue weighted by Gasteiger charge is 2.35. The minimum Gasteiger partial charge on any atom is -0.326 e. The molecule has 0 aliphatic carbocycles. The molecule has 78 valence electrons. The maximum absolute atomic E-state index is 5.86. The maximum Gasteiger partial charge on any atom is 0.0301 e. The van der Waals surface area contributed by atoms with E-state index >= 15 is 0 Å². The van der Waals surface area contributed by atoms with Crippen LogP contribution in [0, 0.1) is 0 Å². The lowest BCUT2D eigenvalue weighted by Gasteiger charge is -2.31. The van der Waals surface area contributed by atoms with Crippen LogP contribution in [0.3, 0.4) is 0 Å². The van der Waals surface area contributed by atoms with Crippen molar-refractivity contribution in [3.05, 3.63) is 0 Å². The number of nitrogens with zero attached hydrogens (tertiary/aromatic N) is 1. The van der Waals surface area contributed by atoms with Gasteiger partial charge in [0.15, 0.2) is 0 Å². The molecule has 0 bridgehead atoms. The summed E-state index contributed by atoms with van der Waals surface area (Å²) in [6.07, 6.45) is 1.14. The molecule has 0 amide bonds. The first kappa shape index (κ1) is 18.5. The van der Waals surface area contributed by atoms with Gasteiger partial charge >= 0.3 is 0 Å². The zero-order valence-electron chi connectivity index (χ0n) is 7.74. The molecule has 0 radical (unpaired) electrons. The fourth-order valence-electron chi connectivity index (χ4n) is 1.26. The van der Waals surface area contributed by atoms with Crippen molar-refractivity contribution in [3.8, 4) is 0 Å². The molecule has 12 heavy (non-hydrogen) atoms. The maximum atomic E-state index is 5.86. The average Bonchev–Trinajstić information content (AvgIpc) is 1.96. The summed E-state index contributed by atoms with van der Waals surface area (Å²) < 4.78 is 0. The summed E-state index contributed by atoms with van der Waals surface area (Å²) in [5, 5.41) is 0. The Bertz CT molecular complexity index is 107. The van der Waals surface area contributed by atoms with Gasteiger partial charge < -0.3 is 5.73 Å². The summed E-state index contributed by atoms with van der Waals surface area (Å²) in [5.41, 5.74) is 6.08. The van der Waals surface area contributed by atoms with Crippen LogP contribution in [-0.2, 0) is 0 Å². The Kier molecular flexibility index (Phi) is 9.70. The molecule has 0 aromatic rings. The van der Waals surface area contributed by atoms with Crippen LogP contribution < -0.4 is 5.73 Å². The fourth-order valence-corrected chi connectivity index (χ4v) is 1.26. The first-order valence-corrected chi connectivity index (χ1v) is 3.52. The molecule has 1 atom stereocenters. The van der Waals surface area contributed by atoms with Gasteiger partial charge in [-0.3, -0.25) is 4.90 Å². The zero-order chi connectivity index (χ0) is 7.07. The second kappa shape index (κ2) is 6.28. The Hall–Kier alpha value is 0.790. The van der Waals surface area contributed by atoms with Crippen LogP contribution in [0.1, 0.15) is 20.3 Å². The van der Waals surface area contributed by atoms with Gasteiger partial charge in [-0.25, -0.2) is 0 Å². The Balaban J connectivity index is -0.000000270. The normalized spacial score (nSPS) is 26.5. The second-order valence-corrected chi connectivity index (χ2v) is 3.47. The van der Waals surface area contributed by atoms with Crippen LogP contribution in [0.2, 0.25) is 0 Å². The standard InChI is InChI=1S/C7H16N2.3ClH/c1-7(2)6(8)4-5-9(7)3;;;/h6H,4-5,8H2,1-3H3;3*1H. The lowest BCUT2D eigenvalue weighted by atomic mass is 9.97. The van der Waals surface area contributed by atoms with E-state index in [2.05, 4.69) is 25.8 Å². The molecule has 1 rings (SSSR count). The van der Waals surface area contributed by atoms with Crippen LogP contribution in [-0.4, -0.2) is 30.1 Å². The van der Waals surface area contributed by atoms with Crippen LogP contribution >= 0.6 is 37.2 Å². The van der Waals surface area contributed by atoms with Crippen molar-refractivity contribution in [2.45, 2.75) is 31.8 Å². The predicted molar refractivity (Wildman–Crippen MR) is 61.0 cm³/mol. The Morgan fingerprint density at radius 1 is 1.25 bits per heavy atom. The highest BCUT2D eigenvalue weighted by molar-refractivity contribution is 5.86. The zero-order valence-corrected chi connectivity index (χ0v) is 10.2. The lowest BCUT2D eigenvalue weighted by molar-refractivity contribution is 0.202.